The van der Waals surface area contributed by atoms with Gasteiger partial charge in [-0.15, -0.1) is 0 Å². The first-order valence-electron chi connectivity index (χ1n) is 14.0. The molecule has 2 aliphatic rings. The van der Waals surface area contributed by atoms with Crippen LogP contribution in [0.25, 0.3) is 32.2 Å². The van der Waals surface area contributed by atoms with Crippen LogP contribution in [0.5, 0.6) is 6.01 Å². The molecule has 2 aliphatic heterocycles. The summed E-state index contributed by atoms with van der Waals surface area (Å²) < 4.78 is 81.1. The molecule has 3 N–H and O–H groups in total. The number of nitrogens with zero attached hydrogens (tertiary/aromatic N) is 6. The van der Waals surface area contributed by atoms with E-state index in [9.17, 15) is 17.6 Å². The maximum absolute atomic E-state index is 16.7. The van der Waals surface area contributed by atoms with Gasteiger partial charge >= 0.3 is 12.2 Å². The van der Waals surface area contributed by atoms with Crippen molar-refractivity contribution in [3.63, 3.8) is 0 Å². The molecule has 0 radical (unpaired) electrons. The van der Waals surface area contributed by atoms with E-state index >= 15 is 4.39 Å². The number of rotatable bonds is 6. The zero-order valence-corrected chi connectivity index (χ0v) is 24.1. The van der Waals surface area contributed by atoms with Gasteiger partial charge in [0.2, 0.25) is 0 Å². The topological polar surface area (TPSA) is 126 Å². The van der Waals surface area contributed by atoms with Crippen molar-refractivity contribution in [2.24, 2.45) is 0 Å². The van der Waals surface area contributed by atoms with Crippen molar-refractivity contribution in [2.45, 2.75) is 37.5 Å². The fourth-order valence-electron chi connectivity index (χ4n) is 6.09. The summed E-state index contributed by atoms with van der Waals surface area (Å²) in [7, 11) is 0. The number of hydrogen-bond donors (Lipinski definition) is 2. The summed E-state index contributed by atoms with van der Waals surface area (Å²) in [6.45, 7) is 0.937. The molecule has 9 nitrogen and oxygen atoms in total. The van der Waals surface area contributed by atoms with Crippen molar-refractivity contribution in [3.05, 3.63) is 65.0 Å². The van der Waals surface area contributed by atoms with E-state index in [4.69, 9.17) is 15.7 Å². The highest BCUT2D eigenvalue weighted by molar-refractivity contribution is 7.22. The molecule has 2 fully saturated rings. The van der Waals surface area contributed by atoms with E-state index < -0.39 is 28.9 Å². The molecule has 7 rings (SSSR count). The van der Waals surface area contributed by atoms with Gasteiger partial charge in [-0.1, -0.05) is 11.3 Å². The highest BCUT2D eigenvalue weighted by Gasteiger charge is 2.39. The second-order valence-corrected chi connectivity index (χ2v) is 12.0. The van der Waals surface area contributed by atoms with Gasteiger partial charge in [-0.25, -0.2) is 13.8 Å². The largest absolute Gasteiger partial charge is 0.463 e. The average Bonchev–Trinajstić information content (AvgIpc) is 3.58. The smallest absolute Gasteiger partial charge is 0.417 e. The van der Waals surface area contributed by atoms with E-state index in [1.165, 1.54) is 6.20 Å². The molecule has 0 saturated carbocycles. The maximum atomic E-state index is 16.7. The predicted molar refractivity (Wildman–Crippen MR) is 158 cm³/mol. The van der Waals surface area contributed by atoms with Crippen LogP contribution in [0.3, 0.4) is 0 Å². The van der Waals surface area contributed by atoms with Crippen molar-refractivity contribution in [2.75, 3.05) is 30.3 Å². The Morgan fingerprint density at radius 1 is 1.07 bits per heavy atom. The number of anilines is 2. The Bertz CT molecular complexity index is 2000. The number of ether oxygens (including phenoxy) is 1. The first kappa shape index (κ1) is 29.1. The number of fused-ring (bicyclic) bond motifs is 4. The second kappa shape index (κ2) is 11.0. The van der Waals surface area contributed by atoms with Crippen molar-refractivity contribution in [1.82, 2.24) is 25.3 Å². The summed E-state index contributed by atoms with van der Waals surface area (Å²) in [5.74, 6) is -1.88. The van der Waals surface area contributed by atoms with Gasteiger partial charge < -0.3 is 20.7 Å². The number of thiazole rings is 1. The summed E-state index contributed by atoms with van der Waals surface area (Å²) in [6.07, 6.45) is 0.116. The third kappa shape index (κ3) is 5.33. The minimum absolute atomic E-state index is 0.0279. The molecule has 3 aromatic heterocycles. The number of halogens is 5. The molecule has 2 atom stereocenters. The van der Waals surface area contributed by atoms with Gasteiger partial charge in [0.1, 0.15) is 23.2 Å². The summed E-state index contributed by atoms with van der Waals surface area (Å²) >= 11 is 0.757. The number of alkyl halides is 3. The van der Waals surface area contributed by atoms with Crippen LogP contribution in [0, 0.1) is 23.0 Å². The number of aromatic nitrogens is 4. The van der Waals surface area contributed by atoms with Crippen LogP contribution < -0.4 is 20.7 Å². The van der Waals surface area contributed by atoms with E-state index in [2.05, 4.69) is 25.3 Å². The number of nitrogen functional groups attached to an aromatic ring is 1. The van der Waals surface area contributed by atoms with E-state index in [1.807, 2.05) is 11.0 Å². The SMILES string of the molecule is N#Cc1cncc(CCOc2nc(N3CC4CCC(C3)N4)c3cc(C(F)(F)F)c(-c4ccc(F)c5sc(N)nc45)c(F)c3n2)c1. The molecular formula is C30H23F5N8OS. The van der Waals surface area contributed by atoms with E-state index in [1.54, 1.807) is 12.3 Å². The van der Waals surface area contributed by atoms with Crippen LogP contribution in [0.15, 0.2) is 36.7 Å². The third-order valence-electron chi connectivity index (χ3n) is 8.04. The number of nitrogens with one attached hydrogen (secondary N) is 1. The molecular weight excluding hydrogens is 615 g/mol. The van der Waals surface area contributed by atoms with Crippen LogP contribution in [-0.2, 0) is 12.6 Å². The quantitative estimate of drug-likeness (QED) is 0.228. The van der Waals surface area contributed by atoms with Gasteiger partial charge in [0.25, 0.3) is 0 Å². The highest BCUT2D eigenvalue weighted by Crippen LogP contribution is 2.46. The van der Waals surface area contributed by atoms with Crippen molar-refractivity contribution in [3.8, 4) is 23.2 Å². The number of nitriles is 1. The molecule has 5 heterocycles. The standard InChI is InChI=1S/C30H23F5N8OS/c31-21-4-3-18(25-26(21)45-28(37)40-25)22-20(30(33,34)35)8-19-24(23(22)32)41-29(44-6-5-14-7-15(9-36)11-38-10-14)42-27(19)43-12-16-1-2-17(13-43)39-16/h3-4,7-8,10-11,16-17,39H,1-2,5-6,12-13H2,(H2,37,40). The van der Waals surface area contributed by atoms with Crippen LogP contribution in [0.2, 0.25) is 0 Å². The van der Waals surface area contributed by atoms with Gasteiger partial charge in [0.05, 0.1) is 28.0 Å². The fourth-order valence-corrected chi connectivity index (χ4v) is 6.86. The third-order valence-corrected chi connectivity index (χ3v) is 8.93. The van der Waals surface area contributed by atoms with Crippen LogP contribution in [0.1, 0.15) is 29.5 Å². The van der Waals surface area contributed by atoms with Crippen LogP contribution in [0.4, 0.5) is 32.9 Å². The van der Waals surface area contributed by atoms with E-state index in [0.29, 0.717) is 30.6 Å². The lowest BCUT2D eigenvalue weighted by Crippen LogP contribution is -2.51. The molecule has 15 heteroatoms. The molecule has 2 aromatic carbocycles. The second-order valence-electron chi connectivity index (χ2n) is 11.0. The Morgan fingerprint density at radius 2 is 1.84 bits per heavy atom. The number of nitrogens with two attached hydrogens (primary N) is 1. The normalized spacial score (nSPS) is 18.1. The lowest BCUT2D eigenvalue weighted by molar-refractivity contribution is -0.137. The first-order chi connectivity index (χ1) is 21.6. The molecule has 0 spiro atoms. The number of pyridine rings is 1. The molecule has 5 aromatic rings. The molecule has 230 valence electrons. The van der Waals surface area contributed by atoms with Crippen molar-refractivity contribution < 1.29 is 26.7 Å². The minimum Gasteiger partial charge on any atom is -0.463 e. The summed E-state index contributed by atoms with van der Waals surface area (Å²) in [5.41, 5.74) is 3.94. The van der Waals surface area contributed by atoms with Gasteiger partial charge in [0.15, 0.2) is 10.9 Å². The molecule has 2 saturated heterocycles. The number of hydrogen-bond acceptors (Lipinski definition) is 10. The summed E-state index contributed by atoms with van der Waals surface area (Å²) in [5, 5.41) is 12.4. The molecule has 2 unspecified atom stereocenters. The Hall–Kier alpha value is -4.68. The van der Waals surface area contributed by atoms with Crippen LogP contribution >= 0.6 is 11.3 Å². The van der Waals surface area contributed by atoms with Crippen molar-refractivity contribution in [1.29, 1.82) is 5.26 Å². The molecule has 0 amide bonds. The maximum Gasteiger partial charge on any atom is 0.417 e. The van der Waals surface area contributed by atoms with Crippen LogP contribution in [-0.4, -0.2) is 51.7 Å². The highest BCUT2D eigenvalue weighted by atomic mass is 32.1. The molecule has 0 aliphatic carbocycles. The van der Waals surface area contributed by atoms with Crippen molar-refractivity contribution >= 4 is 43.4 Å². The Morgan fingerprint density at radius 3 is 2.58 bits per heavy atom. The van der Waals surface area contributed by atoms with Gasteiger partial charge in [-0.3, -0.25) is 4.98 Å². The van der Waals surface area contributed by atoms with Gasteiger partial charge in [-0.2, -0.15) is 28.4 Å². The Kier molecular flexibility index (Phi) is 7.13. The lowest BCUT2D eigenvalue weighted by atomic mass is 9.95. The predicted octanol–water partition coefficient (Wildman–Crippen LogP) is 5.61. The van der Waals surface area contributed by atoms with E-state index in [-0.39, 0.29) is 62.3 Å². The monoisotopic (exact) mass is 638 g/mol. The lowest BCUT2D eigenvalue weighted by Gasteiger charge is -2.34. The molecule has 45 heavy (non-hydrogen) atoms. The Balaban J connectivity index is 1.39. The average molecular weight is 639 g/mol. The Labute approximate surface area is 256 Å². The fraction of sp³-hybridized carbons (Fsp3) is 0.300. The summed E-state index contributed by atoms with van der Waals surface area (Å²) in [4.78, 5) is 18.7. The first-order valence-corrected chi connectivity index (χ1v) is 14.8. The van der Waals surface area contributed by atoms with Gasteiger partial charge in [-0.05, 0) is 42.7 Å². The van der Waals surface area contributed by atoms with E-state index in [0.717, 1.165) is 42.4 Å². The minimum atomic E-state index is -4.99. The van der Waals surface area contributed by atoms with Gasteiger partial charge in [0, 0.05) is 60.5 Å². The number of benzene rings is 2. The zero-order valence-electron chi connectivity index (χ0n) is 23.3. The number of piperazine rings is 1. The zero-order chi connectivity index (χ0) is 31.5. The summed E-state index contributed by atoms with van der Waals surface area (Å²) in [6, 6.07) is 6.53. The molecule has 2 bridgehead atoms.